The van der Waals surface area contributed by atoms with Gasteiger partial charge in [-0.2, -0.15) is 0 Å². The van der Waals surface area contributed by atoms with Crippen molar-refractivity contribution in [1.29, 1.82) is 0 Å². The molecule has 1 rings (SSSR count). The van der Waals surface area contributed by atoms with Gasteiger partial charge in [0.1, 0.15) is 18.1 Å². The van der Waals surface area contributed by atoms with Crippen LogP contribution in [0.25, 0.3) is 0 Å². The molecule has 0 heterocycles. The Morgan fingerprint density at radius 3 is 2.05 bits per heavy atom. The normalized spacial score (nSPS) is 14.6. The van der Waals surface area contributed by atoms with E-state index in [0.717, 1.165) is 0 Å². The number of aliphatic hydroxyl groups excluding tert-OH is 1. The molecule has 5 unspecified atom stereocenters. The number of carbonyl (C=O) groups is 5. The summed E-state index contributed by atoms with van der Waals surface area (Å²) in [6.45, 7) is 1.30. The third kappa shape index (κ3) is 11.7. The van der Waals surface area contributed by atoms with Gasteiger partial charge in [-0.25, -0.2) is 4.79 Å². The topological polar surface area (TPSA) is 273 Å². The van der Waals surface area contributed by atoms with Crippen LogP contribution in [0, 0.1) is 0 Å². The maximum absolute atomic E-state index is 13.0. The van der Waals surface area contributed by atoms with Gasteiger partial charge in [-0.05, 0) is 25.3 Å². The summed E-state index contributed by atoms with van der Waals surface area (Å²) >= 11 is 0. The quantitative estimate of drug-likeness (QED) is 0.0582. The van der Waals surface area contributed by atoms with Crippen LogP contribution in [-0.4, -0.2) is 87.8 Å². The van der Waals surface area contributed by atoms with Crippen molar-refractivity contribution >= 4 is 35.6 Å². The second-order valence-electron chi connectivity index (χ2n) is 8.53. The molecule has 15 heteroatoms. The van der Waals surface area contributed by atoms with Gasteiger partial charge < -0.3 is 48.5 Å². The number of hydrogen-bond acceptors (Lipinski definition) is 8. The van der Waals surface area contributed by atoms with Gasteiger partial charge >= 0.3 is 11.9 Å². The molecular formula is C23H35N7O8. The van der Waals surface area contributed by atoms with E-state index in [4.69, 9.17) is 22.3 Å². The predicted molar refractivity (Wildman–Crippen MR) is 135 cm³/mol. The van der Waals surface area contributed by atoms with Crippen LogP contribution in [0.5, 0.6) is 0 Å². The molecule has 0 radical (unpaired) electrons. The van der Waals surface area contributed by atoms with Crippen molar-refractivity contribution in [1.82, 2.24) is 16.0 Å². The average molecular weight is 538 g/mol. The van der Waals surface area contributed by atoms with Crippen LogP contribution in [0.1, 0.15) is 31.7 Å². The Morgan fingerprint density at radius 2 is 1.53 bits per heavy atom. The van der Waals surface area contributed by atoms with E-state index in [-0.39, 0.29) is 31.8 Å². The Labute approximate surface area is 218 Å². The van der Waals surface area contributed by atoms with Crippen molar-refractivity contribution < 1.29 is 39.3 Å². The highest BCUT2D eigenvalue weighted by Gasteiger charge is 2.32. The maximum atomic E-state index is 13.0. The average Bonchev–Trinajstić information content (AvgIpc) is 2.83. The fraction of sp³-hybridized carbons (Fsp3) is 0.478. The highest BCUT2D eigenvalue weighted by molar-refractivity contribution is 5.95. The molecule has 1 aromatic carbocycles. The lowest BCUT2D eigenvalue weighted by Crippen LogP contribution is -2.60. The molecule has 15 nitrogen and oxygen atoms in total. The number of carboxylic acid groups (broad SMARTS) is 2. The maximum Gasteiger partial charge on any atom is 0.326 e. The summed E-state index contributed by atoms with van der Waals surface area (Å²) < 4.78 is 0. The van der Waals surface area contributed by atoms with E-state index >= 15 is 0 Å². The number of aliphatic imine (C=N–C) groups is 1. The number of nitrogens with one attached hydrogen (secondary N) is 3. The van der Waals surface area contributed by atoms with E-state index in [0.29, 0.717) is 5.56 Å². The summed E-state index contributed by atoms with van der Waals surface area (Å²) in [6, 6.07) is 2.90. The molecule has 5 atom stereocenters. The van der Waals surface area contributed by atoms with Crippen molar-refractivity contribution in [3.8, 4) is 0 Å². The lowest BCUT2D eigenvalue weighted by atomic mass is 10.0. The molecular weight excluding hydrogens is 502 g/mol. The summed E-state index contributed by atoms with van der Waals surface area (Å²) in [4.78, 5) is 64.6. The third-order valence-electron chi connectivity index (χ3n) is 5.27. The van der Waals surface area contributed by atoms with Crippen molar-refractivity contribution in [2.24, 2.45) is 22.2 Å². The number of nitrogens with two attached hydrogens (primary N) is 3. The Balaban J connectivity index is 3.04. The van der Waals surface area contributed by atoms with Crippen LogP contribution in [0.3, 0.4) is 0 Å². The molecule has 0 fully saturated rings. The molecule has 0 aromatic heterocycles. The van der Waals surface area contributed by atoms with Gasteiger partial charge in [-0.3, -0.25) is 24.2 Å². The lowest BCUT2D eigenvalue weighted by Gasteiger charge is -2.26. The molecule has 0 aliphatic heterocycles. The number of amides is 3. The summed E-state index contributed by atoms with van der Waals surface area (Å²) in [6.07, 6.45) is -2.00. The number of hydrogen-bond donors (Lipinski definition) is 9. The minimum atomic E-state index is -1.59. The molecule has 1 aromatic rings. The smallest absolute Gasteiger partial charge is 0.326 e. The minimum absolute atomic E-state index is 0.0228. The summed E-state index contributed by atoms with van der Waals surface area (Å²) in [5.74, 6) is -5.63. The Bertz CT molecular complexity index is 999. The van der Waals surface area contributed by atoms with Crippen LogP contribution >= 0.6 is 0 Å². The molecule has 12 N–H and O–H groups in total. The van der Waals surface area contributed by atoms with Gasteiger partial charge in [0.15, 0.2) is 5.96 Å². The fourth-order valence-electron chi connectivity index (χ4n) is 3.30. The van der Waals surface area contributed by atoms with E-state index in [1.807, 2.05) is 0 Å². The van der Waals surface area contributed by atoms with Crippen molar-refractivity contribution in [3.05, 3.63) is 35.9 Å². The first-order valence-electron chi connectivity index (χ1n) is 11.7. The summed E-state index contributed by atoms with van der Waals surface area (Å²) in [5, 5.41) is 35.4. The zero-order valence-electron chi connectivity index (χ0n) is 20.9. The number of carbonyl (C=O) groups excluding carboxylic acids is 3. The largest absolute Gasteiger partial charge is 0.481 e. The second-order valence-corrected chi connectivity index (χ2v) is 8.53. The van der Waals surface area contributed by atoms with Gasteiger partial charge in [0, 0.05) is 13.0 Å². The monoisotopic (exact) mass is 537 g/mol. The predicted octanol–water partition coefficient (Wildman–Crippen LogP) is -3.00. The summed E-state index contributed by atoms with van der Waals surface area (Å²) in [7, 11) is 0. The lowest BCUT2D eigenvalue weighted by molar-refractivity contribution is -0.142. The number of carboxylic acids is 2. The van der Waals surface area contributed by atoms with E-state index < -0.39 is 66.4 Å². The Hall–Kier alpha value is -4.24. The van der Waals surface area contributed by atoms with Crippen molar-refractivity contribution in [2.75, 3.05) is 6.54 Å². The standard InChI is InChI=1S/C23H35N7O8/c1-12(31)18(30-19(34)14(24)11-17(32)33)21(36)28-15(8-5-9-27-23(25)26)20(35)29-16(22(37)38)10-13-6-3-2-4-7-13/h2-4,6-7,12,14-16,18,31H,5,8-11,24H2,1H3,(H,28,36)(H,29,35)(H,30,34)(H,32,33)(H,37,38)(H4,25,26,27). The molecule has 0 spiro atoms. The SMILES string of the molecule is CC(O)C(NC(=O)C(N)CC(=O)O)C(=O)NC(CCCN=C(N)N)C(=O)NC(Cc1ccccc1)C(=O)O. The van der Waals surface area contributed by atoms with Gasteiger partial charge in [-0.1, -0.05) is 30.3 Å². The third-order valence-corrected chi connectivity index (χ3v) is 5.27. The highest BCUT2D eigenvalue weighted by Crippen LogP contribution is 2.07. The first-order chi connectivity index (χ1) is 17.8. The zero-order chi connectivity index (χ0) is 28.8. The Morgan fingerprint density at radius 1 is 0.921 bits per heavy atom. The van der Waals surface area contributed by atoms with E-state index in [1.54, 1.807) is 30.3 Å². The van der Waals surface area contributed by atoms with E-state index in [9.17, 15) is 34.2 Å². The number of aliphatic carboxylic acids is 2. The number of rotatable bonds is 16. The molecule has 3 amide bonds. The molecule has 0 saturated carbocycles. The van der Waals surface area contributed by atoms with E-state index in [2.05, 4.69) is 20.9 Å². The molecule has 0 saturated heterocycles. The number of nitrogens with zero attached hydrogens (tertiary/aromatic N) is 1. The van der Waals surface area contributed by atoms with Crippen LogP contribution < -0.4 is 33.2 Å². The van der Waals surface area contributed by atoms with Gasteiger partial charge in [0.2, 0.25) is 17.7 Å². The first-order valence-corrected chi connectivity index (χ1v) is 11.7. The van der Waals surface area contributed by atoms with Crippen molar-refractivity contribution in [3.63, 3.8) is 0 Å². The molecule has 0 aliphatic rings. The van der Waals surface area contributed by atoms with Gasteiger partial charge in [0.05, 0.1) is 18.6 Å². The van der Waals surface area contributed by atoms with Crippen LogP contribution in [0.2, 0.25) is 0 Å². The Kier molecular flexibility index (Phi) is 13.2. The second kappa shape index (κ2) is 15.8. The number of guanidine groups is 1. The fourth-order valence-corrected chi connectivity index (χ4v) is 3.30. The molecule has 38 heavy (non-hydrogen) atoms. The van der Waals surface area contributed by atoms with Gasteiger partial charge in [0.25, 0.3) is 0 Å². The highest BCUT2D eigenvalue weighted by atomic mass is 16.4. The number of benzene rings is 1. The minimum Gasteiger partial charge on any atom is -0.481 e. The van der Waals surface area contributed by atoms with Crippen LogP contribution in [0.15, 0.2) is 35.3 Å². The van der Waals surface area contributed by atoms with E-state index in [1.165, 1.54) is 6.92 Å². The zero-order valence-corrected chi connectivity index (χ0v) is 20.9. The first kappa shape index (κ1) is 31.8. The van der Waals surface area contributed by atoms with Crippen LogP contribution in [-0.2, 0) is 30.4 Å². The molecule has 0 bridgehead atoms. The van der Waals surface area contributed by atoms with Gasteiger partial charge in [-0.15, -0.1) is 0 Å². The summed E-state index contributed by atoms with van der Waals surface area (Å²) in [5.41, 5.74) is 16.8. The van der Waals surface area contributed by atoms with Crippen molar-refractivity contribution in [2.45, 2.75) is 62.9 Å². The molecule has 210 valence electrons. The van der Waals surface area contributed by atoms with Crippen LogP contribution in [0.4, 0.5) is 0 Å². The molecule has 0 aliphatic carbocycles. The number of aliphatic hydroxyl groups is 1.